The number of amides is 2. The SMILES string of the molecule is [2H]N(C(=O)N([2H])c1ccc(Cl)c(Cl)c1)c1ccc(Cl)cc1. The van der Waals surface area contributed by atoms with Crippen molar-refractivity contribution in [3.8, 4) is 0 Å². The Bertz CT molecular complexity index is 667. The van der Waals surface area contributed by atoms with Crippen LogP contribution in [0.25, 0.3) is 0 Å². The number of urea groups is 1. The molecule has 2 N–H and O–H groups in total. The minimum atomic E-state index is -0.865. The van der Waals surface area contributed by atoms with Crippen LogP contribution < -0.4 is 10.6 Å². The van der Waals surface area contributed by atoms with Crippen LogP contribution >= 0.6 is 34.8 Å². The van der Waals surface area contributed by atoms with Crippen LogP contribution in [0, 0.1) is 0 Å². The van der Waals surface area contributed by atoms with Crippen molar-refractivity contribution >= 4 is 52.2 Å². The van der Waals surface area contributed by atoms with E-state index in [1.54, 1.807) is 12.1 Å². The lowest BCUT2D eigenvalue weighted by Gasteiger charge is -2.08. The van der Waals surface area contributed by atoms with Crippen molar-refractivity contribution in [1.29, 1.82) is 0 Å². The second-order valence-corrected chi connectivity index (χ2v) is 4.83. The van der Waals surface area contributed by atoms with Gasteiger partial charge in [-0.2, -0.15) is 0 Å². The smallest absolute Gasteiger partial charge is 0.308 e. The fourth-order valence-corrected chi connectivity index (χ4v) is 1.73. The summed E-state index contributed by atoms with van der Waals surface area (Å²) in [5.74, 6) is 0. The van der Waals surface area contributed by atoms with E-state index in [1.807, 2.05) is 0 Å². The second-order valence-electron chi connectivity index (χ2n) is 3.58. The van der Waals surface area contributed by atoms with Crippen molar-refractivity contribution < 1.29 is 7.62 Å². The number of carbonyl (C=O) groups is 1. The molecular formula is C13H9Cl3N2O. The van der Waals surface area contributed by atoms with E-state index in [9.17, 15) is 4.79 Å². The minimum absolute atomic E-state index is 0.209. The van der Waals surface area contributed by atoms with Crippen LogP contribution in [-0.2, 0) is 0 Å². The number of carbonyl (C=O) groups excluding carboxylic acids is 1. The summed E-state index contributed by atoms with van der Waals surface area (Å²) in [6, 6.07) is 9.59. The topological polar surface area (TPSA) is 41.1 Å². The van der Waals surface area contributed by atoms with E-state index in [0.717, 1.165) is 0 Å². The average molecular weight is 318 g/mol. The highest BCUT2D eigenvalue weighted by atomic mass is 35.5. The Hall–Kier alpha value is -1.42. The Balaban J connectivity index is 2.21. The zero-order chi connectivity index (χ0) is 15.6. The molecule has 0 fully saturated rings. The second kappa shape index (κ2) is 6.15. The van der Waals surface area contributed by atoms with Gasteiger partial charge in [0.25, 0.3) is 0 Å². The van der Waals surface area contributed by atoms with Crippen LogP contribution in [-0.4, -0.2) is 6.03 Å². The van der Waals surface area contributed by atoms with Crippen molar-refractivity contribution in [3.05, 3.63) is 57.5 Å². The van der Waals surface area contributed by atoms with Crippen LogP contribution in [0.1, 0.15) is 0 Å². The molecule has 0 aliphatic rings. The van der Waals surface area contributed by atoms with E-state index in [2.05, 4.69) is 0 Å². The first kappa shape index (κ1) is 11.4. The molecule has 2 amide bonds. The maximum Gasteiger partial charge on any atom is 0.323 e. The summed E-state index contributed by atoms with van der Waals surface area (Å²) >= 11 is 17.4. The lowest BCUT2D eigenvalue weighted by molar-refractivity contribution is 0.262. The minimum Gasteiger partial charge on any atom is -0.308 e. The molecule has 2 rings (SSSR count). The molecule has 3 nitrogen and oxygen atoms in total. The fourth-order valence-electron chi connectivity index (χ4n) is 1.32. The van der Waals surface area contributed by atoms with Crippen LogP contribution in [0.15, 0.2) is 42.5 Å². The number of hydrogen-bond donors (Lipinski definition) is 2. The van der Waals surface area contributed by atoms with Crippen molar-refractivity contribution in [3.63, 3.8) is 0 Å². The number of rotatable bonds is 2. The molecule has 0 aliphatic carbocycles. The van der Waals surface area contributed by atoms with E-state index in [1.165, 1.54) is 30.3 Å². The van der Waals surface area contributed by atoms with Gasteiger partial charge < -0.3 is 10.6 Å². The van der Waals surface area contributed by atoms with Crippen LogP contribution in [0.3, 0.4) is 0 Å². The fraction of sp³-hybridized carbons (Fsp3) is 0. The quantitative estimate of drug-likeness (QED) is 0.776. The molecule has 0 radical (unpaired) electrons. The third kappa shape index (κ3) is 4.03. The Morgan fingerprint density at radius 1 is 0.895 bits per heavy atom. The molecular weight excluding hydrogens is 307 g/mol. The Morgan fingerprint density at radius 3 is 2.11 bits per heavy atom. The molecule has 0 aromatic heterocycles. The summed E-state index contributed by atoms with van der Waals surface area (Å²) in [5, 5.41) is 2.19. The molecule has 98 valence electrons. The first-order chi connectivity index (χ1) is 9.90. The Kier molecular flexibility index (Phi) is 3.69. The lowest BCUT2D eigenvalue weighted by Crippen LogP contribution is -2.19. The van der Waals surface area contributed by atoms with Gasteiger partial charge in [-0.05, 0) is 42.5 Å². The van der Waals surface area contributed by atoms with Crippen molar-refractivity contribution in [2.45, 2.75) is 0 Å². The number of benzene rings is 2. The predicted octanol–water partition coefficient (Wildman–Crippen LogP) is 5.29. The molecule has 6 heteroatoms. The first-order valence-electron chi connectivity index (χ1n) is 6.12. The van der Waals surface area contributed by atoms with Gasteiger partial charge in [-0.25, -0.2) is 4.79 Å². The molecule has 2 aromatic carbocycles. The normalized spacial score (nSPS) is 11.5. The molecule has 2 aromatic rings. The predicted molar refractivity (Wildman–Crippen MR) is 80.6 cm³/mol. The third-order valence-electron chi connectivity index (χ3n) is 2.18. The van der Waals surface area contributed by atoms with Crippen LogP contribution in [0.5, 0.6) is 0 Å². The van der Waals surface area contributed by atoms with E-state index in [0.29, 0.717) is 26.4 Å². The standard InChI is InChI=1S/C13H9Cl3N2O/c14-8-1-3-9(4-2-8)17-13(19)18-10-5-6-11(15)12(16)7-10/h1-7H,(H2,17,18,19)/i/hD2. The van der Waals surface area contributed by atoms with E-state index < -0.39 is 6.03 Å². The molecule has 0 bridgehead atoms. The summed E-state index contributed by atoms with van der Waals surface area (Å²) in [6.07, 6.45) is 0. The van der Waals surface area contributed by atoms with Gasteiger partial charge in [-0.15, -0.1) is 0 Å². The van der Waals surface area contributed by atoms with E-state index in [4.69, 9.17) is 37.6 Å². The highest BCUT2D eigenvalue weighted by Crippen LogP contribution is 2.25. The molecule has 0 spiro atoms. The summed E-state index contributed by atoms with van der Waals surface area (Å²) in [6.45, 7) is 0. The molecule has 0 saturated heterocycles. The zero-order valence-electron chi connectivity index (χ0n) is 11.5. The van der Waals surface area contributed by atoms with Gasteiger partial charge in [0.2, 0.25) is 0 Å². The van der Waals surface area contributed by atoms with E-state index in [-0.39, 0.29) is 10.7 Å². The largest absolute Gasteiger partial charge is 0.323 e. The lowest BCUT2D eigenvalue weighted by atomic mass is 10.3. The van der Waals surface area contributed by atoms with Gasteiger partial charge in [-0.3, -0.25) is 0 Å². The van der Waals surface area contributed by atoms with Crippen molar-refractivity contribution in [1.82, 2.24) is 0 Å². The first-order valence-corrected chi connectivity index (χ1v) is 6.36. The molecule has 0 heterocycles. The summed E-state index contributed by atoms with van der Waals surface area (Å²) < 4.78 is 15.6. The van der Waals surface area contributed by atoms with Gasteiger partial charge in [0.1, 0.15) is 0 Å². The summed E-state index contributed by atoms with van der Waals surface area (Å²) in [7, 11) is 0. The van der Waals surface area contributed by atoms with Gasteiger partial charge in [0.05, 0.1) is 10.0 Å². The number of halogens is 3. The molecule has 0 aliphatic heterocycles. The van der Waals surface area contributed by atoms with Gasteiger partial charge in [0.15, 0.2) is 2.82 Å². The van der Waals surface area contributed by atoms with E-state index >= 15 is 0 Å². The highest BCUT2D eigenvalue weighted by molar-refractivity contribution is 6.42. The Morgan fingerprint density at radius 2 is 1.47 bits per heavy atom. The zero-order valence-corrected chi connectivity index (χ0v) is 11.7. The maximum atomic E-state index is 12.1. The molecule has 0 atom stereocenters. The molecule has 19 heavy (non-hydrogen) atoms. The Labute approximate surface area is 128 Å². The average Bonchev–Trinajstić information content (AvgIpc) is 2.48. The van der Waals surface area contributed by atoms with Gasteiger partial charge >= 0.3 is 6.03 Å². The summed E-state index contributed by atoms with van der Waals surface area (Å²) in [5.41, 5.74) is 0.502. The van der Waals surface area contributed by atoms with Gasteiger partial charge in [0, 0.05) is 16.4 Å². The number of nitrogens with one attached hydrogen (secondary N) is 2. The summed E-state index contributed by atoms with van der Waals surface area (Å²) in [4.78, 5) is 12.1. The molecule has 0 saturated carbocycles. The monoisotopic (exact) mass is 316 g/mol. The van der Waals surface area contributed by atoms with Gasteiger partial charge in [-0.1, -0.05) is 34.8 Å². The van der Waals surface area contributed by atoms with Crippen LogP contribution in [0.2, 0.25) is 17.9 Å². The number of anilines is 2. The van der Waals surface area contributed by atoms with Crippen LogP contribution in [0.4, 0.5) is 16.2 Å². The molecule has 0 unspecified atom stereocenters. The highest BCUT2D eigenvalue weighted by Gasteiger charge is 2.04. The number of hydrogen-bond acceptors (Lipinski definition) is 1. The maximum absolute atomic E-state index is 12.1. The van der Waals surface area contributed by atoms with Crippen molar-refractivity contribution in [2.24, 2.45) is 0 Å². The third-order valence-corrected chi connectivity index (χ3v) is 3.17. The van der Waals surface area contributed by atoms with Crippen molar-refractivity contribution in [2.75, 3.05) is 10.6 Å².